The van der Waals surface area contributed by atoms with Gasteiger partial charge in [0.1, 0.15) is 5.75 Å². The number of anilines is 1. The quantitative estimate of drug-likeness (QED) is 0.466. The third-order valence-corrected chi connectivity index (χ3v) is 3.29. The Morgan fingerprint density at radius 3 is 2.12 bits per heavy atom. The average molecular weight is 364 g/mol. The van der Waals surface area contributed by atoms with Crippen molar-refractivity contribution < 1.29 is 14.3 Å². The van der Waals surface area contributed by atoms with Gasteiger partial charge < -0.3 is 10.1 Å². The molecule has 0 aliphatic rings. The fourth-order valence-corrected chi connectivity index (χ4v) is 2.39. The van der Waals surface area contributed by atoms with Gasteiger partial charge in [-0.1, -0.05) is 28.8 Å². The summed E-state index contributed by atoms with van der Waals surface area (Å²) in [5.74, 6) is -0.507. The monoisotopic (exact) mass is 363 g/mol. The third kappa shape index (κ3) is 5.41. The fourth-order valence-electron chi connectivity index (χ4n) is 1.88. The number of esters is 1. The predicted octanol–water partition coefficient (Wildman–Crippen LogP) is 5.12. The molecule has 0 spiro atoms. The smallest absolute Gasteiger partial charge is 0.343 e. The highest BCUT2D eigenvalue weighted by Gasteiger charge is 2.10. The van der Waals surface area contributed by atoms with Gasteiger partial charge in [-0.25, -0.2) is 4.79 Å². The van der Waals surface area contributed by atoms with Gasteiger partial charge in [0, 0.05) is 21.8 Å². The number of hydrogen-bond donors (Lipinski definition) is 1. The lowest BCUT2D eigenvalue weighted by Crippen LogP contribution is -2.10. The molecule has 0 aromatic heterocycles. The van der Waals surface area contributed by atoms with Crippen molar-refractivity contribution in [1.29, 1.82) is 0 Å². The van der Waals surface area contributed by atoms with Crippen molar-refractivity contribution in [1.82, 2.24) is 0 Å². The van der Waals surface area contributed by atoms with Crippen molar-refractivity contribution in [2.75, 3.05) is 5.32 Å². The van der Waals surface area contributed by atoms with Crippen LogP contribution >= 0.6 is 23.2 Å². The highest BCUT2D eigenvalue weighted by atomic mass is 35.5. The van der Waals surface area contributed by atoms with Crippen LogP contribution in [0.25, 0.3) is 0 Å². The summed E-state index contributed by atoms with van der Waals surface area (Å²) in [6.45, 7) is 3.67. The molecule has 24 heavy (non-hydrogen) atoms. The van der Waals surface area contributed by atoms with Crippen molar-refractivity contribution in [3.05, 3.63) is 69.7 Å². The largest absolute Gasteiger partial charge is 0.423 e. The topological polar surface area (TPSA) is 55.4 Å². The van der Waals surface area contributed by atoms with Crippen LogP contribution in [-0.2, 0) is 4.79 Å². The Balaban J connectivity index is 2.05. The van der Waals surface area contributed by atoms with E-state index in [0.717, 1.165) is 5.57 Å². The zero-order chi connectivity index (χ0) is 17.7. The van der Waals surface area contributed by atoms with Crippen molar-refractivity contribution in [3.63, 3.8) is 0 Å². The van der Waals surface area contributed by atoms with Gasteiger partial charge in [-0.3, -0.25) is 4.79 Å². The summed E-state index contributed by atoms with van der Waals surface area (Å²) in [6, 6.07) is 10.9. The van der Waals surface area contributed by atoms with E-state index in [1.54, 1.807) is 30.3 Å². The van der Waals surface area contributed by atoms with Crippen molar-refractivity contribution in [3.8, 4) is 5.75 Å². The second-order valence-corrected chi connectivity index (χ2v) is 6.16. The maximum atomic E-state index is 12.1. The lowest BCUT2D eigenvalue weighted by Gasteiger charge is -2.07. The molecule has 0 aliphatic heterocycles. The summed E-state index contributed by atoms with van der Waals surface area (Å²) in [6.07, 6.45) is 1.49. The van der Waals surface area contributed by atoms with Crippen molar-refractivity contribution >= 4 is 40.8 Å². The first-order chi connectivity index (χ1) is 11.3. The van der Waals surface area contributed by atoms with E-state index in [1.807, 2.05) is 13.8 Å². The van der Waals surface area contributed by atoms with E-state index < -0.39 is 5.97 Å². The highest BCUT2D eigenvalue weighted by molar-refractivity contribution is 6.34. The van der Waals surface area contributed by atoms with Crippen LogP contribution in [0.2, 0.25) is 10.0 Å². The Bertz CT molecular complexity index is 774. The molecule has 0 fully saturated rings. The zero-order valence-corrected chi connectivity index (χ0v) is 14.6. The Kier molecular flexibility index (Phi) is 6.01. The molecule has 124 valence electrons. The van der Waals surface area contributed by atoms with Gasteiger partial charge in [-0.15, -0.1) is 0 Å². The summed E-state index contributed by atoms with van der Waals surface area (Å²) < 4.78 is 5.23. The zero-order valence-electron chi connectivity index (χ0n) is 13.1. The number of benzene rings is 2. The number of rotatable bonds is 4. The van der Waals surface area contributed by atoms with Gasteiger partial charge in [-0.05, 0) is 56.3 Å². The molecule has 4 nitrogen and oxygen atoms in total. The van der Waals surface area contributed by atoms with Crippen LogP contribution in [0, 0.1) is 0 Å². The Morgan fingerprint density at radius 1 is 1.00 bits per heavy atom. The van der Waals surface area contributed by atoms with Gasteiger partial charge in [0.2, 0.25) is 5.91 Å². The number of nitrogens with one attached hydrogen (secondary N) is 1. The van der Waals surface area contributed by atoms with Gasteiger partial charge >= 0.3 is 5.97 Å². The van der Waals surface area contributed by atoms with Gasteiger partial charge in [0.25, 0.3) is 0 Å². The minimum absolute atomic E-state index is 0.223. The minimum atomic E-state index is -0.546. The van der Waals surface area contributed by atoms with Crippen molar-refractivity contribution in [2.45, 2.75) is 13.8 Å². The predicted molar refractivity (Wildman–Crippen MR) is 95.9 cm³/mol. The lowest BCUT2D eigenvalue weighted by atomic mass is 10.2. The summed E-state index contributed by atoms with van der Waals surface area (Å²) in [7, 11) is 0. The van der Waals surface area contributed by atoms with E-state index in [4.69, 9.17) is 27.9 Å². The van der Waals surface area contributed by atoms with E-state index >= 15 is 0 Å². The second-order valence-electron chi connectivity index (χ2n) is 5.28. The Labute approximate surface area is 150 Å². The molecule has 0 aliphatic carbocycles. The molecule has 0 saturated carbocycles. The molecule has 0 radical (unpaired) electrons. The molecular weight excluding hydrogens is 349 g/mol. The summed E-state index contributed by atoms with van der Waals surface area (Å²) in [4.78, 5) is 23.8. The van der Waals surface area contributed by atoms with Crippen LogP contribution in [0.1, 0.15) is 24.2 Å². The third-order valence-electron chi connectivity index (χ3n) is 2.85. The fraction of sp³-hybridized carbons (Fsp3) is 0.111. The molecule has 0 atom stereocenters. The molecule has 1 N–H and O–H groups in total. The normalized spacial score (nSPS) is 10.0. The van der Waals surface area contributed by atoms with Crippen LogP contribution in [0.4, 0.5) is 5.69 Å². The first-order valence-corrected chi connectivity index (χ1v) is 7.83. The van der Waals surface area contributed by atoms with Crippen LogP contribution in [0.15, 0.2) is 54.1 Å². The van der Waals surface area contributed by atoms with E-state index in [2.05, 4.69) is 5.32 Å². The molecule has 0 unspecified atom stereocenters. The number of hydrogen-bond acceptors (Lipinski definition) is 3. The summed E-state index contributed by atoms with van der Waals surface area (Å²) in [5, 5.41) is 3.46. The van der Waals surface area contributed by atoms with E-state index in [1.165, 1.54) is 18.2 Å². The number of ether oxygens (including phenoxy) is 1. The summed E-state index contributed by atoms with van der Waals surface area (Å²) in [5.41, 5.74) is 1.82. The van der Waals surface area contributed by atoms with E-state index in [-0.39, 0.29) is 11.7 Å². The molecule has 0 saturated heterocycles. The molecule has 6 heteroatoms. The number of carbonyl (C=O) groups is 2. The Hall–Kier alpha value is -2.30. The highest BCUT2D eigenvalue weighted by Crippen LogP contribution is 2.25. The number of allylic oxidation sites excluding steroid dienone is 1. The SMILES string of the molecule is CC(C)=CC(=O)Nc1ccc(C(=O)Oc2cc(Cl)cc(Cl)c2)cc1. The molecule has 0 heterocycles. The first-order valence-electron chi connectivity index (χ1n) is 7.08. The van der Waals surface area contributed by atoms with E-state index in [9.17, 15) is 9.59 Å². The first kappa shape index (κ1) is 18.0. The number of amides is 1. The molecule has 2 aromatic carbocycles. The average Bonchev–Trinajstić information content (AvgIpc) is 2.45. The Morgan fingerprint density at radius 2 is 1.58 bits per heavy atom. The van der Waals surface area contributed by atoms with E-state index in [0.29, 0.717) is 21.3 Å². The number of halogens is 2. The maximum Gasteiger partial charge on any atom is 0.343 e. The standard InChI is InChI=1S/C18H15Cl2NO3/c1-11(2)7-17(22)21-15-5-3-12(4-6-15)18(23)24-16-9-13(19)8-14(20)10-16/h3-10H,1-2H3,(H,21,22). The van der Waals surface area contributed by atoms with Crippen LogP contribution in [-0.4, -0.2) is 11.9 Å². The molecule has 0 bridgehead atoms. The summed E-state index contributed by atoms with van der Waals surface area (Å²) >= 11 is 11.7. The van der Waals surface area contributed by atoms with Crippen LogP contribution in [0.3, 0.4) is 0 Å². The molecule has 1 amide bonds. The van der Waals surface area contributed by atoms with Crippen LogP contribution < -0.4 is 10.1 Å². The van der Waals surface area contributed by atoms with Crippen molar-refractivity contribution in [2.24, 2.45) is 0 Å². The van der Waals surface area contributed by atoms with Gasteiger partial charge in [-0.2, -0.15) is 0 Å². The lowest BCUT2D eigenvalue weighted by molar-refractivity contribution is -0.111. The molecule has 2 aromatic rings. The number of carbonyl (C=O) groups excluding carboxylic acids is 2. The minimum Gasteiger partial charge on any atom is -0.423 e. The molecular formula is C18H15Cl2NO3. The van der Waals surface area contributed by atoms with Crippen LogP contribution in [0.5, 0.6) is 5.75 Å². The maximum absolute atomic E-state index is 12.1. The van der Waals surface area contributed by atoms with Gasteiger partial charge in [0.05, 0.1) is 5.56 Å². The second kappa shape index (κ2) is 7.99. The molecule has 2 rings (SSSR count). The van der Waals surface area contributed by atoms with Gasteiger partial charge in [0.15, 0.2) is 0 Å².